The molecule has 2 aromatic heterocycles. The molecule has 1 amide bonds. The zero-order valence-corrected chi connectivity index (χ0v) is 21.1. The number of amides is 1. The number of rotatable bonds is 3. The predicted molar refractivity (Wildman–Crippen MR) is 137 cm³/mol. The van der Waals surface area contributed by atoms with Gasteiger partial charge in [0, 0.05) is 27.3 Å². The lowest BCUT2D eigenvalue weighted by molar-refractivity contribution is 0.0847. The number of carbonyl (C=O) groups is 1. The Kier molecular flexibility index (Phi) is 5.61. The molecule has 0 saturated carbocycles. The zero-order valence-electron chi connectivity index (χ0n) is 19.5. The van der Waals surface area contributed by atoms with Crippen molar-refractivity contribution in [2.75, 3.05) is 7.11 Å². The topological polar surface area (TPSA) is 42.4 Å². The molecule has 0 saturated heterocycles. The van der Waals surface area contributed by atoms with Crippen molar-refractivity contribution in [1.82, 2.24) is 9.88 Å². The van der Waals surface area contributed by atoms with Gasteiger partial charge in [-0.25, -0.2) is 0 Å². The summed E-state index contributed by atoms with van der Waals surface area (Å²) in [6.07, 6.45) is 3.12. The monoisotopic (exact) mass is 476 g/mol. The number of nitrogens with zero attached hydrogens (tertiary/aromatic N) is 2. The highest BCUT2D eigenvalue weighted by Gasteiger charge is 2.38. The van der Waals surface area contributed by atoms with Crippen LogP contribution >= 0.6 is 23.6 Å². The number of hydrogen-bond donors (Lipinski definition) is 0. The SMILES string of the molecule is COc1ccc(C(=O)N2Cc3nc4c(c(-c5cccs5)c3C2=S)CC(C(C)(C)C)CC4)cc1. The van der Waals surface area contributed by atoms with Gasteiger partial charge in [0.25, 0.3) is 5.91 Å². The smallest absolute Gasteiger partial charge is 0.259 e. The first-order valence-electron chi connectivity index (χ1n) is 11.4. The fourth-order valence-corrected chi connectivity index (χ4v) is 6.17. The van der Waals surface area contributed by atoms with Crippen LogP contribution < -0.4 is 4.74 Å². The maximum absolute atomic E-state index is 13.4. The van der Waals surface area contributed by atoms with Crippen LogP contribution in [-0.2, 0) is 19.4 Å². The van der Waals surface area contributed by atoms with E-state index in [1.807, 2.05) is 0 Å². The summed E-state index contributed by atoms with van der Waals surface area (Å²) in [5, 5.41) is 2.11. The first kappa shape index (κ1) is 22.2. The van der Waals surface area contributed by atoms with Crippen molar-refractivity contribution in [1.29, 1.82) is 0 Å². The van der Waals surface area contributed by atoms with Gasteiger partial charge in [0.05, 0.1) is 19.3 Å². The van der Waals surface area contributed by atoms with Crippen LogP contribution in [0.5, 0.6) is 5.75 Å². The van der Waals surface area contributed by atoms with E-state index >= 15 is 0 Å². The lowest BCUT2D eigenvalue weighted by Gasteiger charge is -2.35. The average molecular weight is 477 g/mol. The van der Waals surface area contributed by atoms with E-state index < -0.39 is 0 Å². The molecular formula is C27H28N2O2S2. The van der Waals surface area contributed by atoms with Crippen molar-refractivity contribution in [2.45, 2.75) is 46.6 Å². The van der Waals surface area contributed by atoms with Crippen LogP contribution in [-0.4, -0.2) is 27.9 Å². The van der Waals surface area contributed by atoms with Gasteiger partial charge in [0.2, 0.25) is 0 Å². The summed E-state index contributed by atoms with van der Waals surface area (Å²) in [6.45, 7) is 7.41. The van der Waals surface area contributed by atoms with Gasteiger partial charge < -0.3 is 4.74 Å². The summed E-state index contributed by atoms with van der Waals surface area (Å²) in [5.74, 6) is 1.22. The van der Waals surface area contributed by atoms with Crippen molar-refractivity contribution in [3.8, 4) is 16.2 Å². The molecule has 1 atom stereocenters. The molecule has 170 valence electrons. The average Bonchev–Trinajstić information content (AvgIpc) is 3.45. The largest absolute Gasteiger partial charge is 0.497 e. The molecule has 4 nitrogen and oxygen atoms in total. The molecule has 3 aromatic rings. The van der Waals surface area contributed by atoms with Crippen LogP contribution in [0.25, 0.3) is 10.4 Å². The molecule has 0 radical (unpaired) electrons. The predicted octanol–water partition coefficient (Wildman–Crippen LogP) is 6.30. The van der Waals surface area contributed by atoms with Crippen LogP contribution in [0.2, 0.25) is 0 Å². The number of benzene rings is 1. The minimum atomic E-state index is -0.0941. The van der Waals surface area contributed by atoms with Gasteiger partial charge in [-0.15, -0.1) is 11.3 Å². The van der Waals surface area contributed by atoms with Gasteiger partial charge in [-0.05, 0) is 71.9 Å². The number of thiophene rings is 1. The second-order valence-electron chi connectivity index (χ2n) is 9.94. The summed E-state index contributed by atoms with van der Waals surface area (Å²) in [5.41, 5.74) is 6.44. The number of pyridine rings is 1. The quantitative estimate of drug-likeness (QED) is 0.416. The van der Waals surface area contributed by atoms with Gasteiger partial charge in [0.1, 0.15) is 10.7 Å². The normalized spacial score (nSPS) is 17.6. The van der Waals surface area contributed by atoms with Crippen molar-refractivity contribution in [3.63, 3.8) is 0 Å². The number of aryl methyl sites for hydroxylation is 1. The number of thiocarbonyl (C=S) groups is 1. The number of ether oxygens (including phenoxy) is 1. The molecule has 1 unspecified atom stereocenters. The number of methoxy groups -OCH3 is 1. The highest BCUT2D eigenvalue weighted by atomic mass is 32.1. The van der Waals surface area contributed by atoms with Crippen molar-refractivity contribution >= 4 is 34.5 Å². The third kappa shape index (κ3) is 3.89. The third-order valence-corrected chi connectivity index (χ3v) is 8.29. The Labute approximate surface area is 204 Å². The molecule has 1 aliphatic heterocycles. The Bertz CT molecular complexity index is 1220. The van der Waals surface area contributed by atoms with E-state index in [9.17, 15) is 4.79 Å². The first-order valence-corrected chi connectivity index (χ1v) is 12.7. The molecule has 1 aromatic carbocycles. The van der Waals surface area contributed by atoms with E-state index in [4.69, 9.17) is 21.9 Å². The molecule has 2 aliphatic rings. The highest BCUT2D eigenvalue weighted by Crippen LogP contribution is 2.45. The molecule has 1 aliphatic carbocycles. The molecule has 6 heteroatoms. The van der Waals surface area contributed by atoms with Crippen molar-refractivity contribution in [3.05, 3.63) is 69.9 Å². The molecule has 0 spiro atoms. The second kappa shape index (κ2) is 8.33. The van der Waals surface area contributed by atoms with Crippen molar-refractivity contribution < 1.29 is 9.53 Å². The van der Waals surface area contributed by atoms with Gasteiger partial charge in [-0.2, -0.15) is 0 Å². The van der Waals surface area contributed by atoms with E-state index in [0.29, 0.717) is 23.0 Å². The molecule has 0 N–H and O–H groups in total. The van der Waals surface area contributed by atoms with E-state index in [1.54, 1.807) is 47.6 Å². The fourth-order valence-electron chi connectivity index (χ4n) is 5.00. The van der Waals surface area contributed by atoms with Crippen LogP contribution in [0, 0.1) is 11.3 Å². The summed E-state index contributed by atoms with van der Waals surface area (Å²) in [6, 6.07) is 11.4. The number of aromatic nitrogens is 1. The van der Waals surface area contributed by atoms with Crippen LogP contribution in [0.1, 0.15) is 60.1 Å². The molecular weight excluding hydrogens is 448 g/mol. The Morgan fingerprint density at radius 1 is 1.15 bits per heavy atom. The van der Waals surface area contributed by atoms with E-state index in [1.165, 1.54) is 21.7 Å². The van der Waals surface area contributed by atoms with E-state index in [2.05, 4.69) is 38.3 Å². The van der Waals surface area contributed by atoms with E-state index in [0.717, 1.165) is 36.3 Å². The molecule has 0 bridgehead atoms. The standard InChI is InChI=1S/C27H28N2O2S2/c1-27(2,3)17-9-12-20-19(14-17)23(22-6-5-13-33-22)24-21(28-20)15-29(26(24)32)25(30)16-7-10-18(31-4)11-8-16/h5-8,10-11,13,17H,9,12,14-15H2,1-4H3. The van der Waals surface area contributed by atoms with Crippen LogP contribution in [0.3, 0.4) is 0 Å². The number of hydrogen-bond acceptors (Lipinski definition) is 5. The maximum Gasteiger partial charge on any atom is 0.259 e. The lowest BCUT2D eigenvalue weighted by Crippen LogP contribution is -2.30. The minimum absolute atomic E-state index is 0.0941. The Hall–Kier alpha value is -2.57. The Balaban J connectivity index is 1.58. The first-order chi connectivity index (χ1) is 15.8. The summed E-state index contributed by atoms with van der Waals surface area (Å²) in [7, 11) is 1.62. The second-order valence-corrected chi connectivity index (χ2v) is 11.3. The lowest BCUT2D eigenvalue weighted by atomic mass is 9.70. The molecule has 33 heavy (non-hydrogen) atoms. The van der Waals surface area contributed by atoms with Crippen LogP contribution in [0.4, 0.5) is 0 Å². The van der Waals surface area contributed by atoms with Gasteiger partial charge >= 0.3 is 0 Å². The number of fused-ring (bicyclic) bond motifs is 2. The fraction of sp³-hybridized carbons (Fsp3) is 0.370. The highest BCUT2D eigenvalue weighted by molar-refractivity contribution is 7.80. The van der Waals surface area contributed by atoms with E-state index in [-0.39, 0.29) is 11.3 Å². The Morgan fingerprint density at radius 2 is 1.91 bits per heavy atom. The summed E-state index contributed by atoms with van der Waals surface area (Å²) < 4.78 is 5.23. The molecule has 3 heterocycles. The van der Waals surface area contributed by atoms with Gasteiger partial charge in [-0.3, -0.25) is 14.7 Å². The van der Waals surface area contributed by atoms with Crippen LogP contribution in [0.15, 0.2) is 41.8 Å². The van der Waals surface area contributed by atoms with Crippen molar-refractivity contribution in [2.24, 2.45) is 11.3 Å². The summed E-state index contributed by atoms with van der Waals surface area (Å²) >= 11 is 7.67. The number of carbonyl (C=O) groups excluding carboxylic acids is 1. The zero-order chi connectivity index (χ0) is 23.3. The molecule has 0 fully saturated rings. The van der Waals surface area contributed by atoms with Gasteiger partial charge in [0.15, 0.2) is 0 Å². The minimum Gasteiger partial charge on any atom is -0.497 e. The third-order valence-electron chi connectivity index (χ3n) is 6.98. The molecule has 5 rings (SSSR count). The Morgan fingerprint density at radius 3 is 2.55 bits per heavy atom. The van der Waals surface area contributed by atoms with Gasteiger partial charge in [-0.1, -0.05) is 39.1 Å². The maximum atomic E-state index is 13.4. The summed E-state index contributed by atoms with van der Waals surface area (Å²) in [4.78, 5) is 22.0.